The minimum atomic E-state index is -1.01. The highest BCUT2D eigenvalue weighted by atomic mass is 16.3. The molecule has 3 atom stereocenters. The third kappa shape index (κ3) is 3.20. The van der Waals surface area contributed by atoms with Crippen LogP contribution in [0.3, 0.4) is 0 Å². The van der Waals surface area contributed by atoms with E-state index in [-0.39, 0.29) is 12.5 Å². The van der Waals surface area contributed by atoms with E-state index in [2.05, 4.69) is 0 Å². The molecule has 6 N–H and O–H groups in total. The quantitative estimate of drug-likeness (QED) is 0.500. The lowest BCUT2D eigenvalue weighted by atomic mass is 9.74. The van der Waals surface area contributed by atoms with Crippen LogP contribution < -0.4 is 11.5 Å². The van der Waals surface area contributed by atoms with Crippen molar-refractivity contribution in [1.82, 2.24) is 0 Å². The highest BCUT2D eigenvalue weighted by Crippen LogP contribution is 2.30. The zero-order valence-corrected chi connectivity index (χ0v) is 9.62. The molecule has 0 aromatic rings. The first-order chi connectivity index (χ1) is 6.13. The van der Waals surface area contributed by atoms with E-state index < -0.39 is 17.2 Å². The van der Waals surface area contributed by atoms with Crippen molar-refractivity contribution in [3.63, 3.8) is 0 Å². The summed E-state index contributed by atoms with van der Waals surface area (Å²) in [6.07, 6.45) is -0.108. The Hall–Kier alpha value is -0.160. The van der Waals surface area contributed by atoms with E-state index in [4.69, 9.17) is 11.5 Å². The van der Waals surface area contributed by atoms with Gasteiger partial charge < -0.3 is 21.7 Å². The zero-order chi connectivity index (χ0) is 11.6. The van der Waals surface area contributed by atoms with Gasteiger partial charge in [-0.25, -0.2) is 0 Å². The summed E-state index contributed by atoms with van der Waals surface area (Å²) >= 11 is 0. The average molecular weight is 204 g/mol. The largest absolute Gasteiger partial charge is 0.392 e. The Morgan fingerprint density at radius 2 is 1.71 bits per heavy atom. The fourth-order valence-electron chi connectivity index (χ4n) is 1.37. The molecule has 0 heterocycles. The highest BCUT2D eigenvalue weighted by molar-refractivity contribution is 4.97. The van der Waals surface area contributed by atoms with Crippen LogP contribution in [0.15, 0.2) is 0 Å². The van der Waals surface area contributed by atoms with Gasteiger partial charge in [-0.3, -0.25) is 0 Å². The number of hydrogen-bond acceptors (Lipinski definition) is 4. The molecule has 14 heavy (non-hydrogen) atoms. The minimum absolute atomic E-state index is 0.0963. The van der Waals surface area contributed by atoms with Crippen molar-refractivity contribution in [2.45, 2.75) is 51.4 Å². The molecule has 0 rings (SSSR count). The Bertz CT molecular complexity index is 175. The molecule has 0 aliphatic heterocycles. The van der Waals surface area contributed by atoms with Gasteiger partial charge in [-0.1, -0.05) is 6.92 Å². The average Bonchev–Trinajstić information content (AvgIpc) is 2.01. The van der Waals surface area contributed by atoms with Crippen LogP contribution in [0.4, 0.5) is 0 Å². The Morgan fingerprint density at radius 1 is 1.29 bits per heavy atom. The topological polar surface area (TPSA) is 92.5 Å². The van der Waals surface area contributed by atoms with Gasteiger partial charge in [0.2, 0.25) is 0 Å². The fraction of sp³-hybridized carbons (Fsp3) is 1.00. The van der Waals surface area contributed by atoms with E-state index in [0.29, 0.717) is 6.42 Å². The lowest BCUT2D eigenvalue weighted by Crippen LogP contribution is -2.58. The molecule has 0 fully saturated rings. The van der Waals surface area contributed by atoms with E-state index in [1.54, 1.807) is 20.8 Å². The first-order valence-corrected chi connectivity index (χ1v) is 5.02. The van der Waals surface area contributed by atoms with Crippen LogP contribution in [-0.4, -0.2) is 34.0 Å². The van der Waals surface area contributed by atoms with E-state index in [1.807, 2.05) is 6.92 Å². The van der Waals surface area contributed by atoms with Crippen molar-refractivity contribution in [2.75, 3.05) is 6.54 Å². The van der Waals surface area contributed by atoms with Crippen LogP contribution in [-0.2, 0) is 0 Å². The SMILES string of the molecule is CC(CC(O)CN)C(C)(O)C(C)(C)N. The van der Waals surface area contributed by atoms with E-state index in [0.717, 1.165) is 0 Å². The normalized spacial score (nSPS) is 21.4. The molecule has 0 aliphatic carbocycles. The Balaban J connectivity index is 4.43. The molecule has 0 amide bonds. The smallest absolute Gasteiger partial charge is 0.0819 e. The summed E-state index contributed by atoms with van der Waals surface area (Å²) in [5.74, 6) is -0.0963. The summed E-state index contributed by atoms with van der Waals surface area (Å²) in [5.41, 5.74) is 9.47. The molecule has 0 radical (unpaired) electrons. The molecule has 0 saturated carbocycles. The summed E-state index contributed by atoms with van der Waals surface area (Å²) in [7, 11) is 0. The lowest BCUT2D eigenvalue weighted by Gasteiger charge is -2.42. The molecule has 0 aliphatic rings. The third-order valence-corrected chi connectivity index (χ3v) is 3.16. The van der Waals surface area contributed by atoms with Crippen molar-refractivity contribution in [3.05, 3.63) is 0 Å². The summed E-state index contributed by atoms with van der Waals surface area (Å²) in [6, 6.07) is 0. The molecule has 0 spiro atoms. The number of rotatable bonds is 5. The summed E-state index contributed by atoms with van der Waals surface area (Å²) in [5, 5.41) is 19.6. The van der Waals surface area contributed by atoms with E-state index >= 15 is 0 Å². The molecular weight excluding hydrogens is 180 g/mol. The van der Waals surface area contributed by atoms with Crippen LogP contribution in [0.5, 0.6) is 0 Å². The molecule has 0 saturated heterocycles. The number of nitrogens with two attached hydrogens (primary N) is 2. The van der Waals surface area contributed by atoms with Gasteiger partial charge in [0.15, 0.2) is 0 Å². The first kappa shape index (κ1) is 13.8. The molecule has 0 aromatic heterocycles. The monoisotopic (exact) mass is 204 g/mol. The van der Waals surface area contributed by atoms with Gasteiger partial charge in [0.05, 0.1) is 11.7 Å². The number of hydrogen-bond donors (Lipinski definition) is 4. The van der Waals surface area contributed by atoms with Crippen LogP contribution >= 0.6 is 0 Å². The second-order valence-electron chi connectivity index (χ2n) is 4.90. The molecule has 3 unspecified atom stereocenters. The van der Waals surface area contributed by atoms with Crippen molar-refractivity contribution < 1.29 is 10.2 Å². The molecular formula is C10H24N2O2. The molecule has 86 valence electrons. The molecule has 4 heteroatoms. The maximum atomic E-state index is 10.2. The Kier molecular flexibility index (Phi) is 4.52. The minimum Gasteiger partial charge on any atom is -0.392 e. The maximum Gasteiger partial charge on any atom is 0.0819 e. The van der Waals surface area contributed by atoms with Gasteiger partial charge >= 0.3 is 0 Å². The fourth-order valence-corrected chi connectivity index (χ4v) is 1.37. The maximum absolute atomic E-state index is 10.2. The van der Waals surface area contributed by atoms with Crippen molar-refractivity contribution >= 4 is 0 Å². The van der Waals surface area contributed by atoms with Gasteiger partial charge in [0.25, 0.3) is 0 Å². The van der Waals surface area contributed by atoms with Crippen LogP contribution in [0.2, 0.25) is 0 Å². The highest BCUT2D eigenvalue weighted by Gasteiger charge is 2.41. The first-order valence-electron chi connectivity index (χ1n) is 5.02. The Morgan fingerprint density at radius 3 is 2.00 bits per heavy atom. The predicted molar refractivity (Wildman–Crippen MR) is 57.7 cm³/mol. The van der Waals surface area contributed by atoms with Crippen LogP contribution in [0.1, 0.15) is 34.1 Å². The third-order valence-electron chi connectivity index (χ3n) is 3.16. The number of aliphatic hydroxyl groups excluding tert-OH is 1. The second-order valence-corrected chi connectivity index (χ2v) is 4.90. The molecule has 0 aromatic carbocycles. The molecule has 0 bridgehead atoms. The van der Waals surface area contributed by atoms with Gasteiger partial charge in [-0.15, -0.1) is 0 Å². The van der Waals surface area contributed by atoms with Crippen molar-refractivity contribution in [2.24, 2.45) is 17.4 Å². The van der Waals surface area contributed by atoms with Crippen molar-refractivity contribution in [1.29, 1.82) is 0 Å². The Labute approximate surface area is 86.3 Å². The molecule has 4 nitrogen and oxygen atoms in total. The zero-order valence-electron chi connectivity index (χ0n) is 9.62. The summed E-state index contributed by atoms with van der Waals surface area (Å²) < 4.78 is 0. The van der Waals surface area contributed by atoms with Gasteiger partial charge in [-0.05, 0) is 33.1 Å². The summed E-state index contributed by atoms with van der Waals surface area (Å²) in [6.45, 7) is 7.33. The predicted octanol–water partition coefficient (Wildman–Crippen LogP) is -0.179. The standard InChI is InChI=1S/C10H24N2O2/c1-7(5-8(13)6-11)10(4,14)9(2,3)12/h7-8,13-14H,5-6,11-12H2,1-4H3. The lowest BCUT2D eigenvalue weighted by molar-refractivity contribution is -0.0630. The van der Waals surface area contributed by atoms with E-state index in [1.165, 1.54) is 0 Å². The van der Waals surface area contributed by atoms with Crippen LogP contribution in [0.25, 0.3) is 0 Å². The summed E-state index contributed by atoms with van der Waals surface area (Å²) in [4.78, 5) is 0. The van der Waals surface area contributed by atoms with Gasteiger partial charge in [-0.2, -0.15) is 0 Å². The second kappa shape index (κ2) is 4.57. The van der Waals surface area contributed by atoms with Gasteiger partial charge in [0, 0.05) is 12.1 Å². The van der Waals surface area contributed by atoms with Crippen LogP contribution in [0, 0.1) is 5.92 Å². The van der Waals surface area contributed by atoms with Crippen molar-refractivity contribution in [3.8, 4) is 0 Å². The van der Waals surface area contributed by atoms with E-state index in [9.17, 15) is 10.2 Å². The number of aliphatic hydroxyl groups is 2. The van der Waals surface area contributed by atoms with Gasteiger partial charge in [0.1, 0.15) is 0 Å².